The van der Waals surface area contributed by atoms with Gasteiger partial charge in [0.1, 0.15) is 0 Å². The molecule has 84 valence electrons. The van der Waals surface area contributed by atoms with E-state index in [0.29, 0.717) is 5.92 Å². The Labute approximate surface area is 91.4 Å². The lowest BCUT2D eigenvalue weighted by atomic mass is 9.50. The summed E-state index contributed by atoms with van der Waals surface area (Å²) in [6.07, 6.45) is 7.45. The Balaban J connectivity index is 2.43. The van der Waals surface area contributed by atoms with E-state index >= 15 is 0 Å². The largest absolute Gasteiger partial charge is 0.481 e. The second-order valence-corrected chi connectivity index (χ2v) is 5.85. The van der Waals surface area contributed by atoms with Crippen molar-refractivity contribution in [3.63, 3.8) is 0 Å². The molecule has 1 N–H and O–H groups in total. The van der Waals surface area contributed by atoms with Crippen LogP contribution in [-0.4, -0.2) is 11.1 Å². The van der Waals surface area contributed by atoms with Crippen LogP contribution in [0.25, 0.3) is 0 Å². The van der Waals surface area contributed by atoms with Gasteiger partial charge in [0.25, 0.3) is 0 Å². The summed E-state index contributed by atoms with van der Waals surface area (Å²) in [6, 6.07) is 0. The van der Waals surface area contributed by atoms with Crippen LogP contribution in [0.3, 0.4) is 0 Å². The lowest BCUT2D eigenvalue weighted by Gasteiger charge is -2.53. The highest BCUT2D eigenvalue weighted by molar-refractivity contribution is 5.72. The van der Waals surface area contributed by atoms with E-state index in [4.69, 9.17) is 0 Å². The van der Waals surface area contributed by atoms with Crippen LogP contribution in [-0.2, 0) is 4.79 Å². The molecule has 3 aliphatic carbocycles. The van der Waals surface area contributed by atoms with Crippen molar-refractivity contribution >= 4 is 5.97 Å². The number of fused-ring (bicyclic) bond motifs is 2. The maximum absolute atomic E-state index is 11.4. The van der Waals surface area contributed by atoms with Crippen LogP contribution in [0, 0.1) is 22.7 Å². The molecule has 3 aliphatic rings. The summed E-state index contributed by atoms with van der Waals surface area (Å²) >= 11 is 0. The lowest BCUT2D eigenvalue weighted by molar-refractivity contribution is -0.152. The first-order chi connectivity index (χ1) is 6.90. The molecule has 0 aliphatic heterocycles. The number of carbonyl (C=O) groups is 1. The van der Waals surface area contributed by atoms with Crippen molar-refractivity contribution in [1.29, 1.82) is 0 Å². The van der Waals surface area contributed by atoms with E-state index in [1.807, 2.05) is 0 Å². The van der Waals surface area contributed by atoms with Crippen molar-refractivity contribution < 1.29 is 9.90 Å². The second-order valence-electron chi connectivity index (χ2n) is 5.85. The van der Waals surface area contributed by atoms with Crippen molar-refractivity contribution in [2.75, 3.05) is 0 Å². The van der Waals surface area contributed by atoms with E-state index in [2.05, 4.69) is 32.9 Å². The zero-order chi connectivity index (χ0) is 11.3. The maximum atomic E-state index is 11.4. The predicted octanol–water partition coefficient (Wildman–Crippen LogP) is 3.09. The van der Waals surface area contributed by atoms with Crippen molar-refractivity contribution in [1.82, 2.24) is 0 Å². The van der Waals surface area contributed by atoms with E-state index in [-0.39, 0.29) is 16.7 Å². The summed E-state index contributed by atoms with van der Waals surface area (Å²) in [7, 11) is 0. The molecule has 1 saturated carbocycles. The molecule has 3 atom stereocenters. The van der Waals surface area contributed by atoms with E-state index in [1.165, 1.54) is 0 Å². The van der Waals surface area contributed by atoms with E-state index in [0.717, 1.165) is 19.3 Å². The lowest BCUT2D eigenvalue weighted by Crippen LogP contribution is -2.49. The molecule has 0 amide bonds. The van der Waals surface area contributed by atoms with Crippen LogP contribution in [0.2, 0.25) is 0 Å². The monoisotopic (exact) mass is 208 g/mol. The van der Waals surface area contributed by atoms with Crippen LogP contribution >= 0.6 is 0 Å². The maximum Gasteiger partial charge on any atom is 0.307 e. The molecule has 1 fully saturated rings. The van der Waals surface area contributed by atoms with Crippen LogP contribution < -0.4 is 0 Å². The molecule has 0 spiro atoms. The van der Waals surface area contributed by atoms with Crippen LogP contribution in [0.4, 0.5) is 0 Å². The van der Waals surface area contributed by atoms with Crippen LogP contribution in [0.5, 0.6) is 0 Å². The fraction of sp³-hybridized carbons (Fsp3) is 0.769. The highest BCUT2D eigenvalue weighted by Crippen LogP contribution is 2.58. The Hall–Kier alpha value is -0.790. The first kappa shape index (κ1) is 10.7. The smallest absolute Gasteiger partial charge is 0.307 e. The Morgan fingerprint density at radius 1 is 1.40 bits per heavy atom. The molecule has 0 aromatic carbocycles. The van der Waals surface area contributed by atoms with Gasteiger partial charge in [0, 0.05) is 5.41 Å². The van der Waals surface area contributed by atoms with Gasteiger partial charge in [-0.15, -0.1) is 0 Å². The highest BCUT2D eigenvalue weighted by Gasteiger charge is 2.53. The minimum Gasteiger partial charge on any atom is -0.481 e. The Morgan fingerprint density at radius 2 is 2.07 bits per heavy atom. The fourth-order valence-electron chi connectivity index (χ4n) is 3.34. The van der Waals surface area contributed by atoms with E-state index in [9.17, 15) is 9.90 Å². The highest BCUT2D eigenvalue weighted by atomic mass is 16.4. The van der Waals surface area contributed by atoms with Gasteiger partial charge in [-0.05, 0) is 30.6 Å². The van der Waals surface area contributed by atoms with Gasteiger partial charge >= 0.3 is 5.97 Å². The molecule has 0 heterocycles. The summed E-state index contributed by atoms with van der Waals surface area (Å²) in [5, 5.41) is 9.35. The number of allylic oxidation sites excluding steroid dienone is 2. The number of hydrogen-bond donors (Lipinski definition) is 1. The number of aliphatic carboxylic acids is 1. The molecule has 2 heteroatoms. The average Bonchev–Trinajstić information content (AvgIpc) is 2.17. The van der Waals surface area contributed by atoms with Crippen molar-refractivity contribution in [2.24, 2.45) is 22.7 Å². The van der Waals surface area contributed by atoms with Crippen molar-refractivity contribution in [2.45, 2.75) is 40.0 Å². The second kappa shape index (κ2) is 3.10. The van der Waals surface area contributed by atoms with Crippen molar-refractivity contribution in [3.8, 4) is 0 Å². The van der Waals surface area contributed by atoms with Gasteiger partial charge in [-0.3, -0.25) is 4.79 Å². The first-order valence-corrected chi connectivity index (χ1v) is 5.83. The zero-order valence-electron chi connectivity index (χ0n) is 9.79. The molecule has 15 heavy (non-hydrogen) atoms. The fourth-order valence-corrected chi connectivity index (χ4v) is 3.34. The number of carboxylic acid groups (broad SMARTS) is 1. The molecule has 2 nitrogen and oxygen atoms in total. The van der Waals surface area contributed by atoms with Crippen LogP contribution in [0.1, 0.15) is 40.0 Å². The van der Waals surface area contributed by atoms with E-state index < -0.39 is 5.97 Å². The summed E-state index contributed by atoms with van der Waals surface area (Å²) in [5.41, 5.74) is 0.0588. The number of carboxylic acids is 1. The molecule has 2 bridgehead atoms. The molecule has 0 aromatic rings. The Bertz CT molecular complexity index is 318. The Kier molecular flexibility index (Phi) is 2.21. The van der Waals surface area contributed by atoms with Crippen molar-refractivity contribution in [3.05, 3.63) is 12.2 Å². The number of rotatable bonds is 2. The van der Waals surface area contributed by atoms with Gasteiger partial charge in [-0.25, -0.2) is 0 Å². The summed E-state index contributed by atoms with van der Waals surface area (Å²) < 4.78 is 0. The summed E-state index contributed by atoms with van der Waals surface area (Å²) in [4.78, 5) is 11.4. The SMILES string of the molecule is CC(C)C12C=CC(C)(CC1)CC2C(=O)O. The normalized spacial score (nSPS) is 43.6. The quantitative estimate of drug-likeness (QED) is 0.708. The molecular formula is C13H20O2. The Morgan fingerprint density at radius 3 is 2.47 bits per heavy atom. The first-order valence-electron chi connectivity index (χ1n) is 5.83. The molecule has 0 aromatic heterocycles. The van der Waals surface area contributed by atoms with Gasteiger partial charge < -0.3 is 5.11 Å². The predicted molar refractivity (Wildman–Crippen MR) is 59.5 cm³/mol. The third-order valence-electron chi connectivity index (χ3n) is 4.62. The molecule has 0 radical (unpaired) electrons. The minimum absolute atomic E-state index is 0.0798. The molecular weight excluding hydrogens is 188 g/mol. The number of hydrogen-bond acceptors (Lipinski definition) is 1. The van der Waals surface area contributed by atoms with Gasteiger partial charge in [0.15, 0.2) is 0 Å². The third-order valence-corrected chi connectivity index (χ3v) is 4.62. The van der Waals surface area contributed by atoms with Gasteiger partial charge in [-0.2, -0.15) is 0 Å². The van der Waals surface area contributed by atoms with Gasteiger partial charge in [0.2, 0.25) is 0 Å². The third kappa shape index (κ3) is 1.42. The standard InChI is InChI=1S/C13H20O2/c1-9(2)13-6-4-12(3,5-7-13)8-10(13)11(14)15/h4,6,9-10H,5,7-8H2,1-3H3,(H,14,15). The van der Waals surface area contributed by atoms with E-state index in [1.54, 1.807) is 0 Å². The topological polar surface area (TPSA) is 37.3 Å². The average molecular weight is 208 g/mol. The molecule has 3 rings (SSSR count). The molecule has 3 unspecified atom stereocenters. The minimum atomic E-state index is -0.612. The molecule has 0 saturated heterocycles. The van der Waals surface area contributed by atoms with Gasteiger partial charge in [0.05, 0.1) is 5.92 Å². The van der Waals surface area contributed by atoms with Gasteiger partial charge in [-0.1, -0.05) is 32.9 Å². The zero-order valence-corrected chi connectivity index (χ0v) is 9.79. The summed E-state index contributed by atoms with van der Waals surface area (Å²) in [6.45, 7) is 6.48. The summed E-state index contributed by atoms with van der Waals surface area (Å²) in [5.74, 6) is -0.375. The van der Waals surface area contributed by atoms with Crippen LogP contribution in [0.15, 0.2) is 12.2 Å².